The molecule has 0 spiro atoms. The van der Waals surface area contributed by atoms with E-state index in [0.29, 0.717) is 24.0 Å². The molecule has 0 aromatic carbocycles. The summed E-state index contributed by atoms with van der Waals surface area (Å²) in [5.74, 6) is -0.600. The molecule has 1 aromatic heterocycles. The van der Waals surface area contributed by atoms with Crippen LogP contribution >= 0.6 is 11.3 Å². The maximum atomic E-state index is 11.0. The molecular formula is C12H18N2O3S. The number of carbonyl (C=O) groups is 1. The Kier molecular flexibility index (Phi) is 5.94. The number of carboxylic acids is 1. The average Bonchev–Trinajstić information content (AvgIpc) is 2.72. The van der Waals surface area contributed by atoms with Gasteiger partial charge in [-0.2, -0.15) is 0 Å². The molecule has 0 fully saturated rings. The summed E-state index contributed by atoms with van der Waals surface area (Å²) in [6.07, 6.45) is 3.78. The van der Waals surface area contributed by atoms with Gasteiger partial charge >= 0.3 is 5.97 Å². The molecule has 0 amide bonds. The van der Waals surface area contributed by atoms with Gasteiger partial charge in [0, 0.05) is 13.3 Å². The lowest BCUT2D eigenvalue weighted by molar-refractivity contribution is -0.138. The van der Waals surface area contributed by atoms with E-state index in [0.717, 1.165) is 4.88 Å². The second kappa shape index (κ2) is 7.23. The molecule has 6 heteroatoms. The summed E-state index contributed by atoms with van der Waals surface area (Å²) >= 11 is 1.45. The Morgan fingerprint density at radius 3 is 2.94 bits per heavy atom. The Morgan fingerprint density at radius 1 is 1.67 bits per heavy atom. The van der Waals surface area contributed by atoms with Crippen LogP contribution in [0.3, 0.4) is 0 Å². The number of hydrogen-bond donors (Lipinski definition) is 1. The van der Waals surface area contributed by atoms with Gasteiger partial charge in [0.2, 0.25) is 0 Å². The predicted molar refractivity (Wildman–Crippen MR) is 71.3 cm³/mol. The third-order valence-corrected chi connectivity index (χ3v) is 3.11. The van der Waals surface area contributed by atoms with Crippen LogP contribution in [0.2, 0.25) is 0 Å². The molecule has 1 atom stereocenters. The fourth-order valence-electron chi connectivity index (χ4n) is 1.42. The summed E-state index contributed by atoms with van der Waals surface area (Å²) in [6, 6.07) is -0.695. The zero-order valence-electron chi connectivity index (χ0n) is 10.8. The highest BCUT2D eigenvalue weighted by Gasteiger charge is 2.16. The summed E-state index contributed by atoms with van der Waals surface area (Å²) < 4.78 is 4.99. The highest BCUT2D eigenvalue weighted by Crippen LogP contribution is 2.13. The second-order valence-electron chi connectivity index (χ2n) is 4.36. The summed E-state index contributed by atoms with van der Waals surface area (Å²) in [7, 11) is 1.62. The van der Waals surface area contributed by atoms with Crippen LogP contribution in [-0.4, -0.2) is 35.4 Å². The lowest BCUT2D eigenvalue weighted by atomic mass is 10.0. The number of aromatic nitrogens is 1. The monoisotopic (exact) mass is 270 g/mol. The highest BCUT2D eigenvalue weighted by molar-refractivity contribution is 7.13. The van der Waals surface area contributed by atoms with Gasteiger partial charge in [-0.05, 0) is 12.3 Å². The van der Waals surface area contributed by atoms with Gasteiger partial charge in [0.15, 0.2) is 0 Å². The van der Waals surface area contributed by atoms with E-state index >= 15 is 0 Å². The maximum absolute atomic E-state index is 11.0. The summed E-state index contributed by atoms with van der Waals surface area (Å²) in [4.78, 5) is 20.2. The summed E-state index contributed by atoms with van der Waals surface area (Å²) in [5, 5.41) is 9.74. The third-order valence-electron chi connectivity index (χ3n) is 2.20. The van der Waals surface area contributed by atoms with Crippen LogP contribution in [0.15, 0.2) is 11.2 Å². The standard InChI is InChI=1S/C12H18N2O3S/c1-8(2)4-10(12(15)16)13-6-11-14-5-9(18-11)7-17-3/h5-6,8,10H,4,7H2,1-3H3,(H,15,16)/b13-6+. The van der Waals surface area contributed by atoms with E-state index in [1.54, 1.807) is 13.3 Å². The summed E-state index contributed by atoms with van der Waals surface area (Å²) in [5.41, 5.74) is 0. The van der Waals surface area contributed by atoms with Gasteiger partial charge in [-0.15, -0.1) is 11.3 Å². The minimum absolute atomic E-state index is 0.295. The first-order valence-corrected chi connectivity index (χ1v) is 6.54. The normalized spacial score (nSPS) is 13.3. The number of nitrogens with zero attached hydrogens (tertiary/aromatic N) is 2. The molecule has 0 bridgehead atoms. The van der Waals surface area contributed by atoms with Crippen molar-refractivity contribution in [2.24, 2.45) is 10.9 Å². The largest absolute Gasteiger partial charge is 0.480 e. The second-order valence-corrected chi connectivity index (χ2v) is 5.51. The zero-order valence-corrected chi connectivity index (χ0v) is 11.6. The van der Waals surface area contributed by atoms with Crippen LogP contribution in [0.1, 0.15) is 30.2 Å². The Hall–Kier alpha value is -1.27. The van der Waals surface area contributed by atoms with Crippen LogP contribution in [0.5, 0.6) is 0 Å². The van der Waals surface area contributed by atoms with Gasteiger partial charge in [-0.25, -0.2) is 9.78 Å². The van der Waals surface area contributed by atoms with E-state index in [4.69, 9.17) is 9.84 Å². The zero-order chi connectivity index (χ0) is 13.5. The van der Waals surface area contributed by atoms with Crippen molar-refractivity contribution in [3.63, 3.8) is 0 Å². The van der Waals surface area contributed by atoms with E-state index in [1.807, 2.05) is 13.8 Å². The van der Waals surface area contributed by atoms with Gasteiger partial charge < -0.3 is 9.84 Å². The number of carboxylic acid groups (broad SMARTS) is 1. The predicted octanol–water partition coefficient (Wildman–Crippen LogP) is 2.21. The Morgan fingerprint density at radius 2 is 2.39 bits per heavy atom. The number of aliphatic carboxylic acids is 1. The van der Waals surface area contributed by atoms with Crippen molar-refractivity contribution in [3.8, 4) is 0 Å². The van der Waals surface area contributed by atoms with Crippen molar-refractivity contribution in [1.29, 1.82) is 0 Å². The number of aliphatic imine (C=N–C) groups is 1. The smallest absolute Gasteiger partial charge is 0.328 e. The topological polar surface area (TPSA) is 71.8 Å². The van der Waals surface area contributed by atoms with Crippen LogP contribution in [0.25, 0.3) is 0 Å². The number of hydrogen-bond acceptors (Lipinski definition) is 5. The molecule has 0 radical (unpaired) electrons. The molecule has 0 saturated carbocycles. The van der Waals surface area contributed by atoms with Gasteiger partial charge in [0.05, 0.1) is 17.7 Å². The lowest BCUT2D eigenvalue weighted by Gasteiger charge is -2.09. The molecule has 1 N–H and O–H groups in total. The van der Waals surface area contributed by atoms with Gasteiger partial charge in [0.25, 0.3) is 0 Å². The van der Waals surface area contributed by atoms with E-state index in [-0.39, 0.29) is 0 Å². The van der Waals surface area contributed by atoms with Gasteiger partial charge in [-0.1, -0.05) is 13.8 Å². The first-order valence-electron chi connectivity index (χ1n) is 5.72. The highest BCUT2D eigenvalue weighted by atomic mass is 32.1. The molecule has 0 aliphatic carbocycles. The first-order chi connectivity index (χ1) is 8.52. The quantitative estimate of drug-likeness (QED) is 0.771. The van der Waals surface area contributed by atoms with Gasteiger partial charge in [0.1, 0.15) is 11.0 Å². The number of thiazole rings is 1. The van der Waals surface area contributed by atoms with Crippen molar-refractivity contribution >= 4 is 23.5 Å². The van der Waals surface area contributed by atoms with Crippen molar-refractivity contribution < 1.29 is 14.6 Å². The Bertz CT molecular complexity index is 415. The number of rotatable bonds is 7. The van der Waals surface area contributed by atoms with E-state index < -0.39 is 12.0 Å². The molecule has 1 aromatic rings. The summed E-state index contributed by atoms with van der Waals surface area (Å²) in [6.45, 7) is 4.47. The molecular weight excluding hydrogens is 252 g/mol. The van der Waals surface area contributed by atoms with Crippen LogP contribution in [-0.2, 0) is 16.1 Å². The van der Waals surface area contributed by atoms with Gasteiger partial charge in [-0.3, -0.25) is 4.99 Å². The van der Waals surface area contributed by atoms with Crippen molar-refractivity contribution in [2.75, 3.05) is 7.11 Å². The Balaban J connectivity index is 2.66. The molecule has 0 aliphatic rings. The van der Waals surface area contributed by atoms with E-state index in [2.05, 4.69) is 9.98 Å². The van der Waals surface area contributed by atoms with E-state index in [1.165, 1.54) is 17.6 Å². The SMILES string of the molecule is COCc1cnc(/C=N/C(CC(C)C)C(=O)O)s1. The molecule has 1 rings (SSSR count). The number of ether oxygens (including phenoxy) is 1. The van der Waals surface area contributed by atoms with E-state index in [9.17, 15) is 4.79 Å². The average molecular weight is 270 g/mol. The van der Waals surface area contributed by atoms with Crippen molar-refractivity contribution in [2.45, 2.75) is 32.9 Å². The molecule has 18 heavy (non-hydrogen) atoms. The molecule has 1 heterocycles. The lowest BCUT2D eigenvalue weighted by Crippen LogP contribution is -2.20. The molecule has 0 saturated heterocycles. The molecule has 1 unspecified atom stereocenters. The van der Waals surface area contributed by atoms with Crippen LogP contribution < -0.4 is 0 Å². The Labute approximate surface area is 111 Å². The third kappa shape index (κ3) is 4.93. The minimum atomic E-state index is -0.895. The first kappa shape index (κ1) is 14.8. The minimum Gasteiger partial charge on any atom is -0.480 e. The fourth-order valence-corrected chi connectivity index (χ4v) is 2.19. The van der Waals surface area contributed by atoms with Crippen molar-refractivity contribution in [3.05, 3.63) is 16.1 Å². The van der Waals surface area contributed by atoms with Crippen LogP contribution in [0.4, 0.5) is 0 Å². The molecule has 5 nitrogen and oxygen atoms in total. The number of methoxy groups -OCH3 is 1. The maximum Gasteiger partial charge on any atom is 0.328 e. The van der Waals surface area contributed by atoms with Crippen LogP contribution in [0, 0.1) is 5.92 Å². The fraction of sp³-hybridized carbons (Fsp3) is 0.583. The molecule has 100 valence electrons. The molecule has 0 aliphatic heterocycles. The van der Waals surface area contributed by atoms with Crippen molar-refractivity contribution in [1.82, 2.24) is 4.98 Å².